The van der Waals surface area contributed by atoms with Gasteiger partial charge in [0.05, 0.1) is 33.5 Å². The van der Waals surface area contributed by atoms with Gasteiger partial charge in [-0.3, -0.25) is 20.2 Å². The van der Waals surface area contributed by atoms with Crippen LogP contribution in [0, 0.1) is 20.2 Å². The lowest BCUT2D eigenvalue weighted by atomic mass is 10.1. The lowest BCUT2D eigenvalue weighted by Gasteiger charge is -2.15. The lowest BCUT2D eigenvalue weighted by Crippen LogP contribution is -2.23. The van der Waals surface area contributed by atoms with Crippen molar-refractivity contribution in [3.05, 3.63) is 110 Å². The third-order valence-electron chi connectivity index (χ3n) is 8.22. The molecule has 0 radical (unpaired) electrons. The number of pyridine rings is 2. The molecular weight excluding hydrogens is 740 g/mol. The first-order valence-corrected chi connectivity index (χ1v) is 18.3. The number of hydrogen-bond donors (Lipinski definition) is 6. The van der Waals surface area contributed by atoms with Crippen LogP contribution in [0.15, 0.2) is 73.6 Å². The predicted molar refractivity (Wildman–Crippen MR) is 223 cm³/mol. The highest BCUT2D eigenvalue weighted by molar-refractivity contribution is 6.33. The van der Waals surface area contributed by atoms with Crippen LogP contribution in [0.3, 0.4) is 0 Å². The summed E-state index contributed by atoms with van der Waals surface area (Å²) < 4.78 is 0. The molecule has 0 saturated heterocycles. The van der Waals surface area contributed by atoms with Crippen LogP contribution in [0.4, 0.5) is 28.6 Å². The topological polar surface area (TPSA) is 224 Å². The Balaban J connectivity index is 0.000000216. The predicted octanol–water partition coefficient (Wildman–Crippen LogP) is 5.44. The van der Waals surface area contributed by atoms with E-state index in [9.17, 15) is 20.2 Å². The van der Waals surface area contributed by atoms with Crippen LogP contribution < -0.4 is 21.3 Å². The van der Waals surface area contributed by atoms with Gasteiger partial charge in [0.1, 0.15) is 11.4 Å². The minimum Gasteiger partial charge on any atom is -0.378 e. The Kier molecular flexibility index (Phi) is 16.7. The Bertz CT molecular complexity index is 2130. The van der Waals surface area contributed by atoms with Gasteiger partial charge in [-0.15, -0.1) is 0 Å². The molecule has 0 saturated carbocycles. The average Bonchev–Trinajstić information content (AvgIpc) is 3.89. The Morgan fingerprint density at radius 1 is 0.679 bits per heavy atom. The summed E-state index contributed by atoms with van der Waals surface area (Å²) in [5, 5.41) is 36.9. The van der Waals surface area contributed by atoms with Crippen molar-refractivity contribution in [3.63, 3.8) is 0 Å². The van der Waals surface area contributed by atoms with Crippen LogP contribution in [0.2, 0.25) is 5.15 Å². The first-order chi connectivity index (χ1) is 27.0. The number of likely N-dealkylation sites (N-methyl/N-ethyl adjacent to an activating group) is 3. The lowest BCUT2D eigenvalue weighted by molar-refractivity contribution is -0.384. The maximum atomic E-state index is 11.8. The van der Waals surface area contributed by atoms with Gasteiger partial charge < -0.3 is 41.0 Å². The molecule has 298 valence electrons. The van der Waals surface area contributed by atoms with E-state index in [0.717, 1.165) is 36.4 Å². The summed E-state index contributed by atoms with van der Waals surface area (Å²) in [7, 11) is 10.00. The highest BCUT2D eigenvalue weighted by Gasteiger charge is 2.25. The van der Waals surface area contributed by atoms with Crippen LogP contribution >= 0.6 is 11.6 Å². The van der Waals surface area contributed by atoms with Crippen LogP contribution in [0.5, 0.6) is 0 Å². The molecular formula is C37H49ClN14O4. The number of benzene rings is 2. The normalized spacial score (nSPS) is 10.9. The average molecular weight is 789 g/mol. The van der Waals surface area contributed by atoms with Crippen LogP contribution in [0.25, 0.3) is 21.8 Å². The molecule has 6 rings (SSSR count). The van der Waals surface area contributed by atoms with E-state index in [0.29, 0.717) is 60.3 Å². The molecule has 0 aliphatic carbocycles. The van der Waals surface area contributed by atoms with E-state index in [1.54, 1.807) is 37.2 Å². The molecule has 0 aliphatic rings. The van der Waals surface area contributed by atoms with Crippen molar-refractivity contribution >= 4 is 62.0 Å². The number of rotatable bonds is 17. The quantitative estimate of drug-likeness (QED) is 0.0385. The number of H-pyrrole nitrogens is 2. The Hall–Kier alpha value is -5.95. The van der Waals surface area contributed by atoms with Crippen molar-refractivity contribution in [2.45, 2.75) is 12.8 Å². The SMILES string of the molecule is CN(C)CCNc1nc2ccccc2c(NCCc2cnc[nH]2)c1[N+](=O)[O-].CNCCN(C)C.O=[N+]([O-])c1c(Cl)nc2ccccc2c1NCCc1cnc[nH]1. The van der Waals surface area contributed by atoms with Crippen LogP contribution in [0.1, 0.15) is 11.4 Å². The Labute approximate surface area is 329 Å². The summed E-state index contributed by atoms with van der Waals surface area (Å²) in [6.45, 7) is 4.55. The molecule has 0 spiro atoms. The summed E-state index contributed by atoms with van der Waals surface area (Å²) in [5.41, 5.74) is 3.87. The number of aromatic amines is 2. The summed E-state index contributed by atoms with van der Waals surface area (Å²) in [6, 6.07) is 14.6. The number of nitrogens with one attached hydrogen (secondary N) is 6. The molecule has 0 atom stereocenters. The summed E-state index contributed by atoms with van der Waals surface area (Å²) in [5.74, 6) is 0.282. The number of hydrogen-bond acceptors (Lipinski definition) is 14. The first-order valence-electron chi connectivity index (χ1n) is 17.9. The zero-order valence-corrected chi connectivity index (χ0v) is 32.9. The number of nitro groups is 2. The van der Waals surface area contributed by atoms with Gasteiger partial charge in [0.2, 0.25) is 11.0 Å². The van der Waals surface area contributed by atoms with Crippen molar-refractivity contribution in [1.29, 1.82) is 0 Å². The molecule has 56 heavy (non-hydrogen) atoms. The molecule has 0 unspecified atom stereocenters. The van der Waals surface area contributed by atoms with E-state index in [4.69, 9.17) is 11.6 Å². The molecule has 19 heteroatoms. The molecule has 4 aromatic heterocycles. The van der Waals surface area contributed by atoms with Gasteiger partial charge in [0.25, 0.3) is 0 Å². The minimum absolute atomic E-state index is 0.0305. The van der Waals surface area contributed by atoms with Crippen molar-refractivity contribution in [2.24, 2.45) is 0 Å². The zero-order chi connectivity index (χ0) is 40.5. The second-order valence-electron chi connectivity index (χ2n) is 13.0. The Morgan fingerprint density at radius 3 is 1.61 bits per heavy atom. The van der Waals surface area contributed by atoms with E-state index in [-0.39, 0.29) is 27.3 Å². The standard InChI is InChI=1S/C18H23N7O2.C14H12ClN5O2.C5H14N2/c1-24(2)10-9-21-18-17(25(26)27)16(14-5-3-4-6-15(14)23-18)20-8-7-13-11-19-12-22-13;15-14-13(20(21)22)12(10-3-1-2-4-11(10)19-14)17-6-5-9-7-16-8-18-9;1-6-4-5-7(2)3/h3-6,11-12H,7-10H2,1-2H3,(H,19,22)(H2,20,21,23);1-4,7-8H,5-6H2,(H,16,18)(H,17,19);6H,4-5H2,1-3H3. The van der Waals surface area contributed by atoms with Crippen LogP contribution in [-0.4, -0.2) is 124 Å². The number of aromatic nitrogens is 6. The molecule has 6 aromatic rings. The smallest absolute Gasteiger partial charge is 0.334 e. The van der Waals surface area contributed by atoms with Gasteiger partial charge >= 0.3 is 11.4 Å². The summed E-state index contributed by atoms with van der Waals surface area (Å²) >= 11 is 5.97. The number of imidazole rings is 2. The fraction of sp³-hybridized carbons (Fsp3) is 0.351. The van der Waals surface area contributed by atoms with Crippen molar-refractivity contribution < 1.29 is 9.85 Å². The number of nitrogens with zero attached hydrogens (tertiary/aromatic N) is 8. The first kappa shape index (κ1) is 42.8. The third-order valence-corrected chi connectivity index (χ3v) is 8.48. The van der Waals surface area contributed by atoms with Gasteiger partial charge in [-0.2, -0.15) is 0 Å². The van der Waals surface area contributed by atoms with Gasteiger partial charge in [0.15, 0.2) is 0 Å². The Morgan fingerprint density at radius 2 is 1.16 bits per heavy atom. The van der Waals surface area contributed by atoms with Gasteiger partial charge in [-0.05, 0) is 47.4 Å². The largest absolute Gasteiger partial charge is 0.378 e. The van der Waals surface area contributed by atoms with E-state index in [2.05, 4.69) is 70.2 Å². The highest BCUT2D eigenvalue weighted by atomic mass is 35.5. The van der Waals surface area contributed by atoms with E-state index >= 15 is 0 Å². The number of anilines is 3. The van der Waals surface area contributed by atoms with E-state index in [1.807, 2.05) is 62.4 Å². The fourth-order valence-electron chi connectivity index (χ4n) is 5.42. The summed E-state index contributed by atoms with van der Waals surface area (Å²) in [4.78, 5) is 48.9. The molecule has 0 fully saturated rings. The molecule has 0 aliphatic heterocycles. The number of fused-ring (bicyclic) bond motifs is 2. The molecule has 6 N–H and O–H groups in total. The van der Waals surface area contributed by atoms with E-state index < -0.39 is 4.92 Å². The molecule has 0 bridgehead atoms. The maximum absolute atomic E-state index is 11.8. The van der Waals surface area contributed by atoms with Crippen molar-refractivity contribution in [2.75, 3.05) is 90.5 Å². The van der Waals surface area contributed by atoms with Crippen LogP contribution in [-0.2, 0) is 12.8 Å². The number of halogens is 1. The zero-order valence-electron chi connectivity index (χ0n) is 32.2. The second-order valence-corrected chi connectivity index (χ2v) is 13.4. The molecule has 0 amide bonds. The van der Waals surface area contributed by atoms with Gasteiger partial charge in [-0.1, -0.05) is 48.0 Å². The van der Waals surface area contributed by atoms with Crippen molar-refractivity contribution in [3.8, 4) is 0 Å². The monoisotopic (exact) mass is 788 g/mol. The second kappa shape index (κ2) is 21.8. The fourth-order valence-corrected chi connectivity index (χ4v) is 5.67. The summed E-state index contributed by atoms with van der Waals surface area (Å²) in [6.07, 6.45) is 8.01. The maximum Gasteiger partial charge on any atom is 0.334 e. The highest BCUT2D eigenvalue weighted by Crippen LogP contribution is 2.38. The molecule has 4 heterocycles. The minimum atomic E-state index is -0.514. The number of para-hydroxylation sites is 2. The van der Waals surface area contributed by atoms with Crippen molar-refractivity contribution in [1.82, 2.24) is 45.0 Å². The van der Waals surface area contributed by atoms with Gasteiger partial charge in [0, 0.05) is 86.7 Å². The van der Waals surface area contributed by atoms with Gasteiger partial charge in [-0.25, -0.2) is 19.9 Å². The molecule has 18 nitrogen and oxygen atoms in total. The van der Waals surface area contributed by atoms with E-state index in [1.165, 1.54) is 0 Å². The molecule has 2 aromatic carbocycles. The third kappa shape index (κ3) is 12.6.